The zero-order valence-electron chi connectivity index (χ0n) is 69.1. The number of hydrogen-bond acceptors (Lipinski definition) is 0. The lowest BCUT2D eigenvalue weighted by molar-refractivity contribution is -0.0907. The summed E-state index contributed by atoms with van der Waals surface area (Å²) in [5, 5.41) is 0. The molecule has 0 atom stereocenters. The average molecular weight is 1480 g/mol. The fourth-order valence-corrected chi connectivity index (χ4v) is 20.0. The summed E-state index contributed by atoms with van der Waals surface area (Å²) in [5.74, 6) is 0.720. The van der Waals surface area contributed by atoms with Crippen LogP contribution in [0.1, 0.15) is 249 Å². The SMILES string of the molecule is CC(C)(C)c1ccccc1/C=C/c1ccc(/C=C/c2ccccc2)c(C23CC4CC(C2)CC(c2cc(/C=C/c5ccccc5C(C)(C)C)ccc2/C=C/c2ccccc2)(C4)C3(c2cc(/C=C/c3ccccc3C(C)(C)C)ccc2/C=C/c2ccccc2)c2cc(/C=C/c3ccccc3C(C)(C)C)ccc2/C=C/c2ccccc2)c1. The molecule has 12 aromatic carbocycles. The van der Waals surface area contributed by atoms with E-state index in [1.165, 1.54) is 118 Å². The van der Waals surface area contributed by atoms with Gasteiger partial charge in [-0.25, -0.2) is 0 Å². The smallest absolute Gasteiger partial charge is 0.0408 e. The van der Waals surface area contributed by atoms with E-state index in [4.69, 9.17) is 0 Å². The van der Waals surface area contributed by atoms with E-state index in [0.717, 1.165) is 47.9 Å². The normalized spacial score (nSPS) is 18.6. The predicted octanol–water partition coefficient (Wildman–Crippen LogP) is 30.6. The van der Waals surface area contributed by atoms with E-state index >= 15 is 0 Å². The fourth-order valence-electron chi connectivity index (χ4n) is 20.0. The van der Waals surface area contributed by atoms with Gasteiger partial charge >= 0.3 is 0 Å². The average Bonchev–Trinajstić information content (AvgIpc) is 0.641. The molecule has 568 valence electrons. The van der Waals surface area contributed by atoms with Crippen molar-refractivity contribution in [3.63, 3.8) is 0 Å². The molecule has 0 nitrogen and oxygen atoms in total. The maximum atomic E-state index is 2.71. The van der Waals surface area contributed by atoms with Crippen molar-refractivity contribution in [2.45, 2.75) is 153 Å². The van der Waals surface area contributed by atoms with Gasteiger partial charge < -0.3 is 0 Å². The maximum absolute atomic E-state index is 2.71. The highest BCUT2D eigenvalue weighted by Crippen LogP contribution is 2.78. The van der Waals surface area contributed by atoms with Crippen LogP contribution in [-0.2, 0) is 37.9 Å². The molecule has 0 aromatic heterocycles. The van der Waals surface area contributed by atoms with E-state index in [9.17, 15) is 0 Å². The second kappa shape index (κ2) is 32.6. The van der Waals surface area contributed by atoms with Crippen LogP contribution in [0.4, 0.5) is 0 Å². The van der Waals surface area contributed by atoms with Gasteiger partial charge in [0, 0.05) is 16.2 Å². The number of benzene rings is 12. The topological polar surface area (TPSA) is 0 Å². The van der Waals surface area contributed by atoms with Crippen LogP contribution in [0, 0.1) is 11.8 Å². The first kappa shape index (κ1) is 77.9. The predicted molar refractivity (Wildman–Crippen MR) is 498 cm³/mol. The monoisotopic (exact) mass is 1480 g/mol. The van der Waals surface area contributed by atoms with Crippen molar-refractivity contribution in [1.82, 2.24) is 0 Å². The van der Waals surface area contributed by atoms with Crippen LogP contribution in [0.3, 0.4) is 0 Å². The zero-order valence-corrected chi connectivity index (χ0v) is 69.1. The van der Waals surface area contributed by atoms with Crippen molar-refractivity contribution in [1.29, 1.82) is 0 Å². The molecule has 0 amide bonds. The highest BCUT2D eigenvalue weighted by molar-refractivity contribution is 5.86. The molecule has 0 heterocycles. The van der Waals surface area contributed by atoms with Crippen LogP contribution >= 0.6 is 0 Å². The molecule has 12 aromatic rings. The molecule has 4 saturated carbocycles. The molecule has 0 radical (unpaired) electrons. The summed E-state index contributed by atoms with van der Waals surface area (Å²) in [7, 11) is 0. The van der Waals surface area contributed by atoms with Gasteiger partial charge in [0.15, 0.2) is 0 Å². The van der Waals surface area contributed by atoms with Crippen LogP contribution in [0.5, 0.6) is 0 Å². The minimum atomic E-state index is -0.895. The highest BCUT2D eigenvalue weighted by atomic mass is 14.8. The van der Waals surface area contributed by atoms with Gasteiger partial charge in [-0.05, 0) is 199 Å². The van der Waals surface area contributed by atoms with Crippen molar-refractivity contribution in [3.05, 3.63) is 425 Å². The standard InChI is InChI=1S/C114H112/c1-108(2,3)100-45-29-25-41-92(100)65-53-86-57-69-96(61-49-82-33-17-13-18-34-82)104(74-86)112-78-90-73-91(79-112)81-113(80-90,105-75-87(54-66-93-42-26-30-46-101(93)109(4,5)6)58-70-97(105)62-50-83-35-19-14-20-36-83)114(112,106-76-88(55-67-94-43-27-31-47-102(94)110(7,8)9)59-71-98(106)63-51-84-37-21-15-22-38-84)107-77-89(56-68-95-44-28-32-48-103(95)111(10,11)12)60-72-99(107)64-52-85-39-23-16-24-40-85/h13-72,74-77,90-91H,73,78-81H2,1-12H3/b61-49+,62-50+,63-51+,64-52+,65-53+,66-54+,67-55+,68-56+. The summed E-state index contributed by atoms with van der Waals surface area (Å²) in [6, 6.07) is 111. The molecule has 4 fully saturated rings. The zero-order chi connectivity index (χ0) is 79.3. The van der Waals surface area contributed by atoms with Crippen molar-refractivity contribution in [2.75, 3.05) is 0 Å². The lowest BCUT2D eigenvalue weighted by atomic mass is 9.28. The van der Waals surface area contributed by atoms with Gasteiger partial charge in [-0.2, -0.15) is 0 Å². The number of hydrogen-bond donors (Lipinski definition) is 0. The maximum Gasteiger partial charge on any atom is 0.0408 e. The summed E-state index contributed by atoms with van der Waals surface area (Å²) in [4.78, 5) is 0. The Morgan fingerprint density at radius 2 is 0.404 bits per heavy atom. The van der Waals surface area contributed by atoms with E-state index < -0.39 is 16.2 Å². The highest BCUT2D eigenvalue weighted by Gasteiger charge is 2.75. The van der Waals surface area contributed by atoms with E-state index in [0.29, 0.717) is 11.8 Å². The molecule has 4 aliphatic carbocycles. The van der Waals surface area contributed by atoms with Crippen LogP contribution < -0.4 is 0 Å². The molecule has 16 rings (SSSR count). The van der Waals surface area contributed by atoms with Crippen LogP contribution in [0.15, 0.2) is 291 Å². The molecule has 0 unspecified atom stereocenters. The molecule has 4 bridgehead atoms. The number of rotatable bonds is 20. The second-order valence-corrected chi connectivity index (χ2v) is 36.7. The van der Waals surface area contributed by atoms with E-state index in [1.807, 2.05) is 0 Å². The molecular formula is C114H112. The summed E-state index contributed by atoms with van der Waals surface area (Å²) in [6.45, 7) is 28.1. The van der Waals surface area contributed by atoms with Crippen molar-refractivity contribution in [2.24, 2.45) is 11.8 Å². The van der Waals surface area contributed by atoms with Gasteiger partial charge in [-0.15, -0.1) is 0 Å². The first-order valence-corrected chi connectivity index (χ1v) is 41.6. The molecule has 4 aliphatic rings. The van der Waals surface area contributed by atoms with Crippen molar-refractivity contribution < 1.29 is 0 Å². The molecule has 0 saturated heterocycles. The van der Waals surface area contributed by atoms with Crippen LogP contribution in [-0.4, -0.2) is 0 Å². The molecule has 0 aliphatic heterocycles. The first-order chi connectivity index (χ1) is 54.9. The van der Waals surface area contributed by atoms with Crippen LogP contribution in [0.25, 0.3) is 97.2 Å². The van der Waals surface area contributed by atoms with Gasteiger partial charge in [-0.1, -0.05) is 471 Å². The minimum absolute atomic E-state index is 0.0663. The van der Waals surface area contributed by atoms with Gasteiger partial charge in [0.1, 0.15) is 0 Å². The Morgan fingerprint density at radius 3 is 0.649 bits per heavy atom. The molecule has 0 N–H and O–H groups in total. The third kappa shape index (κ3) is 16.4. The second-order valence-electron chi connectivity index (χ2n) is 36.7. The Kier molecular flexibility index (Phi) is 22.2. The lowest BCUT2D eigenvalue weighted by Crippen LogP contribution is -2.72. The largest absolute Gasteiger partial charge is 0.0622 e. The third-order valence-corrected chi connectivity index (χ3v) is 24.7. The Hall–Kier alpha value is -11.4. The summed E-state index contributed by atoms with van der Waals surface area (Å²) in [6.07, 6.45) is 43.9. The third-order valence-electron chi connectivity index (χ3n) is 24.7. The van der Waals surface area contributed by atoms with Crippen molar-refractivity contribution >= 4 is 97.2 Å². The molecular weight excluding hydrogens is 1370 g/mol. The van der Waals surface area contributed by atoms with Gasteiger partial charge in [0.2, 0.25) is 0 Å². The first-order valence-electron chi connectivity index (χ1n) is 41.6. The van der Waals surface area contributed by atoms with Gasteiger partial charge in [0.25, 0.3) is 0 Å². The summed E-state index contributed by atoms with van der Waals surface area (Å²) in [5.41, 5.74) is 27.6. The van der Waals surface area contributed by atoms with Gasteiger partial charge in [0.05, 0.1) is 0 Å². The van der Waals surface area contributed by atoms with Gasteiger partial charge in [-0.3, -0.25) is 0 Å². The quantitative estimate of drug-likeness (QED) is 0.0667. The fraction of sp³-hybridized carbons (Fsp3) is 0.228. The van der Waals surface area contributed by atoms with E-state index in [1.54, 1.807) is 0 Å². The Bertz CT molecular complexity index is 5300. The Balaban J connectivity index is 1.16. The van der Waals surface area contributed by atoms with E-state index in [-0.39, 0.29) is 21.7 Å². The lowest BCUT2D eigenvalue weighted by Gasteiger charge is -2.74. The minimum Gasteiger partial charge on any atom is -0.0622 e. The van der Waals surface area contributed by atoms with Crippen molar-refractivity contribution in [3.8, 4) is 0 Å². The molecule has 0 heteroatoms. The van der Waals surface area contributed by atoms with Crippen LogP contribution in [0.2, 0.25) is 0 Å². The molecule has 114 heavy (non-hydrogen) atoms. The molecule has 0 spiro atoms. The Labute approximate surface area is 682 Å². The van der Waals surface area contributed by atoms with E-state index in [2.05, 4.69) is 471 Å². The summed E-state index contributed by atoms with van der Waals surface area (Å²) < 4.78 is 0. The summed E-state index contributed by atoms with van der Waals surface area (Å²) >= 11 is 0. The Morgan fingerprint density at radius 1 is 0.202 bits per heavy atom.